The van der Waals surface area contributed by atoms with Gasteiger partial charge < -0.3 is 5.32 Å². The van der Waals surface area contributed by atoms with E-state index in [-0.39, 0.29) is 5.11 Å². The lowest BCUT2D eigenvalue weighted by Gasteiger charge is -2.11. The average molecular weight is 361 g/mol. The van der Waals surface area contributed by atoms with Crippen LogP contribution in [0.3, 0.4) is 0 Å². The molecule has 0 aliphatic heterocycles. The van der Waals surface area contributed by atoms with E-state index >= 15 is 0 Å². The van der Waals surface area contributed by atoms with Crippen LogP contribution in [0.25, 0.3) is 0 Å². The second kappa shape index (κ2) is 7.00. The van der Waals surface area contributed by atoms with E-state index in [0.29, 0.717) is 15.7 Å². The van der Waals surface area contributed by atoms with Crippen molar-refractivity contribution in [2.75, 3.05) is 5.32 Å². The van der Waals surface area contributed by atoms with Crippen molar-refractivity contribution in [2.45, 2.75) is 0 Å². The van der Waals surface area contributed by atoms with E-state index in [1.807, 2.05) is 0 Å². The summed E-state index contributed by atoms with van der Waals surface area (Å²) in [4.78, 5) is 11.9. The van der Waals surface area contributed by atoms with Crippen molar-refractivity contribution in [3.05, 3.63) is 63.6 Å². The molecule has 3 nitrogen and oxygen atoms in total. The van der Waals surface area contributed by atoms with Gasteiger partial charge in [-0.1, -0.05) is 29.3 Å². The molecule has 2 rings (SSSR count). The van der Waals surface area contributed by atoms with E-state index in [4.69, 9.17) is 35.4 Å². The van der Waals surface area contributed by atoms with Crippen molar-refractivity contribution in [1.29, 1.82) is 0 Å². The van der Waals surface area contributed by atoms with Crippen molar-refractivity contribution < 1.29 is 13.6 Å². The quantitative estimate of drug-likeness (QED) is 0.780. The number of hydrogen-bond acceptors (Lipinski definition) is 2. The summed E-state index contributed by atoms with van der Waals surface area (Å²) < 4.78 is 27.0. The molecular weight excluding hydrogens is 353 g/mol. The number of benzene rings is 2. The topological polar surface area (TPSA) is 41.1 Å². The number of rotatable bonds is 2. The van der Waals surface area contributed by atoms with Gasteiger partial charge in [0.2, 0.25) is 0 Å². The van der Waals surface area contributed by atoms with Gasteiger partial charge in [-0.25, -0.2) is 8.78 Å². The summed E-state index contributed by atoms with van der Waals surface area (Å²) in [5.74, 6) is -2.96. The van der Waals surface area contributed by atoms with Gasteiger partial charge in [0.05, 0.1) is 0 Å². The van der Waals surface area contributed by atoms with Crippen LogP contribution in [0, 0.1) is 11.6 Å². The van der Waals surface area contributed by atoms with Gasteiger partial charge in [-0.15, -0.1) is 0 Å². The fourth-order valence-corrected chi connectivity index (χ4v) is 2.41. The molecule has 2 aromatic rings. The van der Waals surface area contributed by atoms with Crippen LogP contribution < -0.4 is 10.6 Å². The normalized spacial score (nSPS) is 10.2. The van der Waals surface area contributed by atoms with Gasteiger partial charge in [0, 0.05) is 15.7 Å². The Morgan fingerprint density at radius 3 is 2.14 bits per heavy atom. The number of nitrogens with one attached hydrogen (secondary N) is 2. The van der Waals surface area contributed by atoms with Gasteiger partial charge in [-0.2, -0.15) is 0 Å². The van der Waals surface area contributed by atoms with Gasteiger partial charge in [0.15, 0.2) is 5.11 Å². The second-order valence-electron chi connectivity index (χ2n) is 4.16. The SMILES string of the molecule is O=C(NC(=S)Nc1cc(Cl)cc(Cl)c1)c1c(F)cccc1F. The first kappa shape index (κ1) is 16.6. The molecule has 0 aliphatic rings. The maximum atomic E-state index is 13.5. The highest BCUT2D eigenvalue weighted by Crippen LogP contribution is 2.22. The summed E-state index contributed by atoms with van der Waals surface area (Å²) in [5, 5.41) is 5.41. The Bertz CT molecular complexity index is 715. The van der Waals surface area contributed by atoms with E-state index < -0.39 is 23.1 Å². The van der Waals surface area contributed by atoms with Crippen LogP contribution in [0.5, 0.6) is 0 Å². The first-order valence-corrected chi connectivity index (χ1v) is 7.05. The lowest BCUT2D eigenvalue weighted by Crippen LogP contribution is -2.35. The Hall–Kier alpha value is -1.76. The molecule has 2 N–H and O–H groups in total. The zero-order chi connectivity index (χ0) is 16.3. The van der Waals surface area contributed by atoms with Gasteiger partial charge in [0.25, 0.3) is 5.91 Å². The third-order valence-corrected chi connectivity index (χ3v) is 3.18. The van der Waals surface area contributed by atoms with Crippen LogP contribution in [-0.4, -0.2) is 11.0 Å². The molecule has 0 aliphatic carbocycles. The minimum atomic E-state index is -0.999. The van der Waals surface area contributed by atoms with E-state index in [9.17, 15) is 13.6 Å². The molecule has 0 saturated carbocycles. The van der Waals surface area contributed by atoms with Gasteiger partial charge in [0.1, 0.15) is 17.2 Å². The Morgan fingerprint density at radius 2 is 1.59 bits per heavy atom. The molecule has 0 spiro atoms. The summed E-state index contributed by atoms with van der Waals surface area (Å²) >= 11 is 16.6. The Morgan fingerprint density at radius 1 is 1.05 bits per heavy atom. The molecule has 0 atom stereocenters. The summed E-state index contributed by atoms with van der Waals surface area (Å²) in [7, 11) is 0. The molecule has 0 radical (unpaired) electrons. The molecule has 0 fully saturated rings. The van der Waals surface area contributed by atoms with E-state index in [1.165, 1.54) is 18.2 Å². The van der Waals surface area contributed by atoms with Crippen molar-refractivity contribution >= 4 is 52.1 Å². The summed E-state index contributed by atoms with van der Waals surface area (Å²) in [6, 6.07) is 7.68. The van der Waals surface area contributed by atoms with Crippen LogP contribution in [0.15, 0.2) is 36.4 Å². The van der Waals surface area contributed by atoms with Crippen LogP contribution >= 0.6 is 35.4 Å². The first-order chi connectivity index (χ1) is 10.4. The highest BCUT2D eigenvalue weighted by Gasteiger charge is 2.18. The third kappa shape index (κ3) is 4.13. The van der Waals surface area contributed by atoms with Crippen molar-refractivity contribution in [1.82, 2.24) is 5.32 Å². The molecule has 0 unspecified atom stereocenters. The fraction of sp³-hybridized carbons (Fsp3) is 0. The van der Waals surface area contributed by atoms with Crippen molar-refractivity contribution in [3.8, 4) is 0 Å². The number of carbonyl (C=O) groups is 1. The lowest BCUT2D eigenvalue weighted by atomic mass is 10.2. The average Bonchev–Trinajstić information content (AvgIpc) is 2.36. The fourth-order valence-electron chi connectivity index (χ4n) is 1.67. The molecular formula is C14H8Cl2F2N2OS. The predicted octanol–water partition coefficient (Wildman–Crippen LogP) is 4.40. The Balaban J connectivity index is 2.10. The zero-order valence-corrected chi connectivity index (χ0v) is 13.1. The third-order valence-electron chi connectivity index (χ3n) is 2.54. The zero-order valence-electron chi connectivity index (χ0n) is 10.8. The highest BCUT2D eigenvalue weighted by atomic mass is 35.5. The molecule has 114 valence electrons. The molecule has 2 aromatic carbocycles. The first-order valence-electron chi connectivity index (χ1n) is 5.89. The summed E-state index contributed by atoms with van der Waals surface area (Å²) in [6.45, 7) is 0. The molecule has 0 saturated heterocycles. The number of thiocarbonyl (C=S) groups is 1. The van der Waals surface area contributed by atoms with Gasteiger partial charge >= 0.3 is 0 Å². The molecule has 22 heavy (non-hydrogen) atoms. The Kier molecular flexibility index (Phi) is 5.28. The number of carbonyl (C=O) groups excluding carboxylic acids is 1. The van der Waals surface area contributed by atoms with Crippen LogP contribution in [0.2, 0.25) is 10.0 Å². The van der Waals surface area contributed by atoms with E-state index in [2.05, 4.69) is 10.6 Å². The van der Waals surface area contributed by atoms with Crippen LogP contribution in [0.4, 0.5) is 14.5 Å². The summed E-state index contributed by atoms with van der Waals surface area (Å²) in [5.41, 5.74) is -0.285. The van der Waals surface area contributed by atoms with Crippen molar-refractivity contribution in [3.63, 3.8) is 0 Å². The smallest absolute Gasteiger partial charge is 0.263 e. The highest BCUT2D eigenvalue weighted by molar-refractivity contribution is 7.80. The number of amides is 1. The van der Waals surface area contributed by atoms with Crippen LogP contribution in [0.1, 0.15) is 10.4 Å². The minimum absolute atomic E-state index is 0.147. The number of hydrogen-bond donors (Lipinski definition) is 2. The summed E-state index contributed by atoms with van der Waals surface area (Å²) in [6.07, 6.45) is 0. The van der Waals surface area contributed by atoms with E-state index in [1.54, 1.807) is 0 Å². The molecule has 0 heterocycles. The van der Waals surface area contributed by atoms with Gasteiger partial charge in [-0.3, -0.25) is 10.1 Å². The molecule has 1 amide bonds. The standard InChI is InChI=1S/C14H8Cl2F2N2OS/c15-7-4-8(16)6-9(5-7)19-14(22)20-13(21)12-10(17)2-1-3-11(12)18/h1-6H,(H2,19,20,21,22). The lowest BCUT2D eigenvalue weighted by molar-refractivity contribution is 0.0969. The van der Waals surface area contributed by atoms with E-state index in [0.717, 1.165) is 18.2 Å². The molecule has 8 heteroatoms. The molecule has 0 aromatic heterocycles. The maximum absolute atomic E-state index is 13.5. The predicted molar refractivity (Wildman–Crippen MR) is 86.5 cm³/mol. The number of halogens is 4. The van der Waals surface area contributed by atoms with Crippen LogP contribution in [-0.2, 0) is 0 Å². The molecule has 0 bridgehead atoms. The number of anilines is 1. The maximum Gasteiger partial charge on any atom is 0.263 e. The van der Waals surface area contributed by atoms with Gasteiger partial charge in [-0.05, 0) is 42.5 Å². The monoisotopic (exact) mass is 360 g/mol. The minimum Gasteiger partial charge on any atom is -0.332 e. The Labute approximate surface area is 140 Å². The van der Waals surface area contributed by atoms with Crippen molar-refractivity contribution in [2.24, 2.45) is 0 Å². The largest absolute Gasteiger partial charge is 0.332 e. The second-order valence-corrected chi connectivity index (χ2v) is 5.44.